The number of aromatic nitrogens is 2. The zero-order valence-corrected chi connectivity index (χ0v) is 8.63. The molecule has 0 saturated carbocycles. The second-order valence-electron chi connectivity index (χ2n) is 3.40. The van der Waals surface area contributed by atoms with Crippen LogP contribution in [0.15, 0.2) is 42.7 Å². The Kier molecular flexibility index (Phi) is 2.91. The van der Waals surface area contributed by atoms with Crippen molar-refractivity contribution in [3.8, 4) is 11.3 Å². The van der Waals surface area contributed by atoms with Gasteiger partial charge in [-0.1, -0.05) is 6.07 Å². The number of carbonyl (C=O) groups is 1. The summed E-state index contributed by atoms with van der Waals surface area (Å²) >= 11 is 0. The Hall–Kier alpha value is -2.23. The van der Waals surface area contributed by atoms with Gasteiger partial charge in [-0.25, -0.2) is 0 Å². The van der Waals surface area contributed by atoms with Crippen molar-refractivity contribution in [2.75, 3.05) is 0 Å². The molecule has 0 spiro atoms. The summed E-state index contributed by atoms with van der Waals surface area (Å²) in [6.45, 7) is 0. The lowest BCUT2D eigenvalue weighted by Gasteiger charge is -2.01. The number of carbonyl (C=O) groups excluding carboxylic acids is 1. The van der Waals surface area contributed by atoms with E-state index in [-0.39, 0.29) is 12.3 Å². The number of nitrogens with zero attached hydrogens (tertiary/aromatic N) is 2. The molecule has 0 aromatic carbocycles. The molecule has 0 atom stereocenters. The smallest absolute Gasteiger partial charge is 0.223 e. The van der Waals surface area contributed by atoms with Crippen LogP contribution in [0.25, 0.3) is 11.3 Å². The summed E-state index contributed by atoms with van der Waals surface area (Å²) in [6, 6.07) is 9.35. The van der Waals surface area contributed by atoms with E-state index in [2.05, 4.69) is 9.97 Å². The van der Waals surface area contributed by atoms with Crippen LogP contribution in [0.4, 0.5) is 0 Å². The maximum Gasteiger partial charge on any atom is 0.223 e. The number of rotatable bonds is 3. The predicted octanol–water partition coefficient (Wildman–Crippen LogP) is 1.17. The molecule has 2 rings (SSSR count). The molecule has 2 aromatic heterocycles. The first-order valence-electron chi connectivity index (χ1n) is 4.90. The first-order valence-corrected chi connectivity index (χ1v) is 4.90. The van der Waals surface area contributed by atoms with Crippen LogP contribution >= 0.6 is 0 Å². The molecule has 0 fully saturated rings. The first-order chi connectivity index (χ1) is 7.75. The molecule has 4 nitrogen and oxygen atoms in total. The lowest BCUT2D eigenvalue weighted by molar-refractivity contribution is -0.117. The fourth-order valence-corrected chi connectivity index (χ4v) is 1.39. The molecule has 0 radical (unpaired) electrons. The highest BCUT2D eigenvalue weighted by atomic mass is 16.1. The molecular weight excluding hydrogens is 202 g/mol. The highest BCUT2D eigenvalue weighted by Crippen LogP contribution is 2.14. The van der Waals surface area contributed by atoms with E-state index < -0.39 is 0 Å². The monoisotopic (exact) mass is 213 g/mol. The van der Waals surface area contributed by atoms with Gasteiger partial charge >= 0.3 is 0 Å². The van der Waals surface area contributed by atoms with Gasteiger partial charge in [-0.05, 0) is 24.3 Å². The molecular formula is C12H11N3O. The van der Waals surface area contributed by atoms with Gasteiger partial charge in [0.1, 0.15) is 0 Å². The van der Waals surface area contributed by atoms with Gasteiger partial charge in [-0.15, -0.1) is 0 Å². The molecule has 80 valence electrons. The SMILES string of the molecule is NC(=O)Cc1ccc(-c2ccccn2)cn1. The van der Waals surface area contributed by atoms with Gasteiger partial charge in [-0.2, -0.15) is 0 Å². The molecule has 1 amide bonds. The van der Waals surface area contributed by atoms with Crippen molar-refractivity contribution in [3.63, 3.8) is 0 Å². The molecule has 2 N–H and O–H groups in total. The number of pyridine rings is 2. The average Bonchev–Trinajstić information content (AvgIpc) is 2.30. The zero-order chi connectivity index (χ0) is 11.4. The van der Waals surface area contributed by atoms with E-state index in [4.69, 9.17) is 5.73 Å². The third-order valence-electron chi connectivity index (χ3n) is 2.14. The van der Waals surface area contributed by atoms with Crippen LogP contribution in [0.2, 0.25) is 0 Å². The molecule has 0 aliphatic rings. The summed E-state index contributed by atoms with van der Waals surface area (Å²) in [5.74, 6) is -0.377. The highest BCUT2D eigenvalue weighted by Gasteiger charge is 2.02. The van der Waals surface area contributed by atoms with Gasteiger partial charge in [0.15, 0.2) is 0 Å². The van der Waals surface area contributed by atoms with Gasteiger partial charge < -0.3 is 5.73 Å². The minimum Gasteiger partial charge on any atom is -0.369 e. The minimum absolute atomic E-state index is 0.169. The second kappa shape index (κ2) is 4.53. The minimum atomic E-state index is -0.377. The second-order valence-corrected chi connectivity index (χ2v) is 3.40. The van der Waals surface area contributed by atoms with Crippen LogP contribution in [-0.2, 0) is 11.2 Å². The van der Waals surface area contributed by atoms with Crippen molar-refractivity contribution >= 4 is 5.91 Å². The average molecular weight is 213 g/mol. The van der Waals surface area contributed by atoms with Crippen LogP contribution in [0.3, 0.4) is 0 Å². The largest absolute Gasteiger partial charge is 0.369 e. The number of primary amides is 1. The third-order valence-corrected chi connectivity index (χ3v) is 2.14. The number of nitrogens with two attached hydrogens (primary N) is 1. The lowest BCUT2D eigenvalue weighted by atomic mass is 10.1. The van der Waals surface area contributed by atoms with E-state index in [1.807, 2.05) is 24.3 Å². The van der Waals surface area contributed by atoms with Gasteiger partial charge in [0.2, 0.25) is 5.91 Å². The van der Waals surface area contributed by atoms with Crippen molar-refractivity contribution in [3.05, 3.63) is 48.4 Å². The highest BCUT2D eigenvalue weighted by molar-refractivity contribution is 5.76. The van der Waals surface area contributed by atoms with Crippen molar-refractivity contribution in [1.82, 2.24) is 9.97 Å². The Bertz CT molecular complexity index is 479. The van der Waals surface area contributed by atoms with Gasteiger partial charge in [0, 0.05) is 23.7 Å². The summed E-state index contributed by atoms with van der Waals surface area (Å²) < 4.78 is 0. The molecule has 2 aromatic rings. The van der Waals surface area contributed by atoms with E-state index in [9.17, 15) is 4.79 Å². The Labute approximate surface area is 93.2 Å². The summed E-state index contributed by atoms with van der Waals surface area (Å²) in [5, 5.41) is 0. The van der Waals surface area contributed by atoms with Crippen LogP contribution < -0.4 is 5.73 Å². The number of amides is 1. The first kappa shape index (κ1) is 10.3. The molecule has 0 aliphatic heterocycles. The van der Waals surface area contributed by atoms with Crippen LogP contribution in [0.1, 0.15) is 5.69 Å². The van der Waals surface area contributed by atoms with Gasteiger partial charge in [0.25, 0.3) is 0 Å². The topological polar surface area (TPSA) is 68.9 Å². The quantitative estimate of drug-likeness (QED) is 0.832. The molecule has 2 heterocycles. The summed E-state index contributed by atoms with van der Waals surface area (Å²) in [5.41, 5.74) is 7.54. The van der Waals surface area contributed by atoms with E-state index in [1.54, 1.807) is 18.5 Å². The molecule has 16 heavy (non-hydrogen) atoms. The standard InChI is InChI=1S/C12H11N3O/c13-12(16)7-10-5-4-9(8-15-10)11-3-1-2-6-14-11/h1-6,8H,7H2,(H2,13,16). The number of hydrogen-bond acceptors (Lipinski definition) is 3. The Morgan fingerprint density at radius 3 is 2.62 bits per heavy atom. The molecule has 0 saturated heterocycles. The number of hydrogen-bond donors (Lipinski definition) is 1. The van der Waals surface area contributed by atoms with E-state index >= 15 is 0 Å². The Morgan fingerprint density at radius 2 is 2.06 bits per heavy atom. The summed E-state index contributed by atoms with van der Waals surface area (Å²) in [6.07, 6.45) is 3.59. The maximum atomic E-state index is 10.7. The van der Waals surface area contributed by atoms with Gasteiger partial charge in [0.05, 0.1) is 12.1 Å². The summed E-state index contributed by atoms with van der Waals surface area (Å²) in [7, 11) is 0. The van der Waals surface area contributed by atoms with E-state index in [1.165, 1.54) is 0 Å². The zero-order valence-electron chi connectivity index (χ0n) is 8.63. The lowest BCUT2D eigenvalue weighted by Crippen LogP contribution is -2.14. The van der Waals surface area contributed by atoms with Crippen molar-refractivity contribution < 1.29 is 4.79 Å². The molecule has 0 unspecified atom stereocenters. The van der Waals surface area contributed by atoms with Crippen molar-refractivity contribution in [1.29, 1.82) is 0 Å². The molecule has 0 bridgehead atoms. The van der Waals surface area contributed by atoms with E-state index in [0.717, 1.165) is 11.3 Å². The summed E-state index contributed by atoms with van der Waals surface area (Å²) in [4.78, 5) is 19.1. The normalized spacial score (nSPS) is 10.0. The molecule has 0 aliphatic carbocycles. The Morgan fingerprint density at radius 1 is 1.19 bits per heavy atom. The predicted molar refractivity (Wildman–Crippen MR) is 60.4 cm³/mol. The molecule has 4 heteroatoms. The van der Waals surface area contributed by atoms with E-state index in [0.29, 0.717) is 5.69 Å². The van der Waals surface area contributed by atoms with Crippen molar-refractivity contribution in [2.45, 2.75) is 6.42 Å². The van der Waals surface area contributed by atoms with Crippen LogP contribution in [0, 0.1) is 0 Å². The van der Waals surface area contributed by atoms with Crippen LogP contribution in [-0.4, -0.2) is 15.9 Å². The fraction of sp³-hybridized carbons (Fsp3) is 0.0833. The van der Waals surface area contributed by atoms with Crippen molar-refractivity contribution in [2.24, 2.45) is 5.73 Å². The van der Waals surface area contributed by atoms with Crippen LogP contribution in [0.5, 0.6) is 0 Å². The maximum absolute atomic E-state index is 10.7. The Balaban J connectivity index is 2.23. The third kappa shape index (κ3) is 2.42. The fourth-order valence-electron chi connectivity index (χ4n) is 1.39. The van der Waals surface area contributed by atoms with Gasteiger partial charge in [-0.3, -0.25) is 14.8 Å².